The third-order valence-corrected chi connectivity index (χ3v) is 3.41. The van der Waals surface area contributed by atoms with Crippen molar-refractivity contribution in [1.29, 1.82) is 0 Å². The SMILES string of the molecule is CCCc1csc(-c2cccc(CN)c2)n1.Cl. The van der Waals surface area contributed by atoms with Crippen LogP contribution >= 0.6 is 23.7 Å². The summed E-state index contributed by atoms with van der Waals surface area (Å²) in [5, 5.41) is 3.24. The van der Waals surface area contributed by atoms with Gasteiger partial charge in [0.25, 0.3) is 0 Å². The summed E-state index contributed by atoms with van der Waals surface area (Å²) in [6.45, 7) is 2.76. The first-order valence-corrected chi connectivity index (χ1v) is 6.45. The molecule has 0 saturated carbocycles. The quantitative estimate of drug-likeness (QED) is 0.919. The minimum absolute atomic E-state index is 0. The predicted octanol–water partition coefficient (Wildman–Crippen LogP) is 3.64. The number of benzene rings is 1. The number of hydrogen-bond acceptors (Lipinski definition) is 3. The molecule has 0 aliphatic rings. The van der Waals surface area contributed by atoms with Crippen LogP contribution in [0.5, 0.6) is 0 Å². The largest absolute Gasteiger partial charge is 0.326 e. The molecule has 17 heavy (non-hydrogen) atoms. The predicted molar refractivity (Wildman–Crippen MR) is 76.7 cm³/mol. The standard InChI is InChI=1S/C13H16N2S.ClH/c1-2-4-12-9-16-13(15-12)11-6-3-5-10(7-11)8-14;/h3,5-7,9H,2,4,8,14H2,1H3;1H. The van der Waals surface area contributed by atoms with Crippen molar-refractivity contribution in [3.8, 4) is 10.6 Å². The normalized spacial score (nSPS) is 10.0. The molecule has 4 heteroatoms. The molecule has 0 bridgehead atoms. The maximum absolute atomic E-state index is 5.63. The van der Waals surface area contributed by atoms with Gasteiger partial charge in [0, 0.05) is 17.5 Å². The van der Waals surface area contributed by atoms with Crippen LogP contribution in [0.15, 0.2) is 29.6 Å². The molecule has 0 atom stereocenters. The van der Waals surface area contributed by atoms with Gasteiger partial charge in [-0.15, -0.1) is 23.7 Å². The van der Waals surface area contributed by atoms with Crippen LogP contribution in [0.25, 0.3) is 10.6 Å². The van der Waals surface area contributed by atoms with E-state index in [0.717, 1.165) is 23.4 Å². The molecule has 2 nitrogen and oxygen atoms in total. The fourth-order valence-electron chi connectivity index (χ4n) is 1.64. The minimum Gasteiger partial charge on any atom is -0.326 e. The van der Waals surface area contributed by atoms with Gasteiger partial charge in [0.15, 0.2) is 0 Å². The molecule has 0 radical (unpaired) electrons. The van der Waals surface area contributed by atoms with Gasteiger partial charge in [0.2, 0.25) is 0 Å². The fraction of sp³-hybridized carbons (Fsp3) is 0.308. The molecule has 0 amide bonds. The van der Waals surface area contributed by atoms with Crippen LogP contribution in [-0.4, -0.2) is 4.98 Å². The lowest BCUT2D eigenvalue weighted by Crippen LogP contribution is -1.95. The van der Waals surface area contributed by atoms with Crippen molar-refractivity contribution in [2.45, 2.75) is 26.3 Å². The second kappa shape index (κ2) is 6.74. The Morgan fingerprint density at radius 3 is 2.88 bits per heavy atom. The molecule has 0 fully saturated rings. The number of hydrogen-bond donors (Lipinski definition) is 1. The van der Waals surface area contributed by atoms with Gasteiger partial charge in [-0.25, -0.2) is 4.98 Å². The average Bonchev–Trinajstić information content (AvgIpc) is 2.78. The highest BCUT2D eigenvalue weighted by molar-refractivity contribution is 7.13. The second-order valence-corrected chi connectivity index (χ2v) is 4.66. The zero-order valence-electron chi connectivity index (χ0n) is 9.85. The lowest BCUT2D eigenvalue weighted by Gasteiger charge is -1.99. The molecule has 2 N–H and O–H groups in total. The zero-order chi connectivity index (χ0) is 11.4. The summed E-state index contributed by atoms with van der Waals surface area (Å²) in [4.78, 5) is 4.62. The smallest absolute Gasteiger partial charge is 0.123 e. The number of aryl methyl sites for hydroxylation is 1. The first-order valence-electron chi connectivity index (χ1n) is 5.57. The summed E-state index contributed by atoms with van der Waals surface area (Å²) in [6.07, 6.45) is 2.21. The molecule has 92 valence electrons. The lowest BCUT2D eigenvalue weighted by molar-refractivity contribution is 0.893. The molecule has 0 saturated heterocycles. The first-order chi connectivity index (χ1) is 7.83. The monoisotopic (exact) mass is 268 g/mol. The van der Waals surface area contributed by atoms with Crippen LogP contribution in [0.4, 0.5) is 0 Å². The Morgan fingerprint density at radius 2 is 2.18 bits per heavy atom. The summed E-state index contributed by atoms with van der Waals surface area (Å²) in [7, 11) is 0. The Balaban J connectivity index is 0.00000144. The van der Waals surface area contributed by atoms with Gasteiger partial charge in [-0.2, -0.15) is 0 Å². The highest BCUT2D eigenvalue weighted by Gasteiger charge is 2.04. The van der Waals surface area contributed by atoms with E-state index >= 15 is 0 Å². The summed E-state index contributed by atoms with van der Waals surface area (Å²) < 4.78 is 0. The fourth-order valence-corrected chi connectivity index (χ4v) is 2.49. The Hall–Kier alpha value is -0.900. The topological polar surface area (TPSA) is 38.9 Å². The van der Waals surface area contributed by atoms with Crippen LogP contribution in [0.1, 0.15) is 24.6 Å². The van der Waals surface area contributed by atoms with Crippen molar-refractivity contribution < 1.29 is 0 Å². The molecule has 0 spiro atoms. The van der Waals surface area contributed by atoms with Gasteiger partial charge in [0.1, 0.15) is 5.01 Å². The molecule has 0 aliphatic carbocycles. The molecule has 2 rings (SSSR count). The summed E-state index contributed by atoms with van der Waals surface area (Å²) in [6, 6.07) is 8.30. The number of nitrogens with zero attached hydrogens (tertiary/aromatic N) is 1. The molecule has 1 aromatic carbocycles. The minimum atomic E-state index is 0. The maximum atomic E-state index is 5.63. The van der Waals surface area contributed by atoms with E-state index in [4.69, 9.17) is 5.73 Å². The second-order valence-electron chi connectivity index (χ2n) is 3.80. The first kappa shape index (κ1) is 14.2. The van der Waals surface area contributed by atoms with Crippen LogP contribution in [0.2, 0.25) is 0 Å². The van der Waals surface area contributed by atoms with Gasteiger partial charge in [-0.05, 0) is 18.1 Å². The molecular weight excluding hydrogens is 252 g/mol. The third kappa shape index (κ3) is 3.53. The van der Waals surface area contributed by atoms with Crippen LogP contribution in [0, 0.1) is 0 Å². The van der Waals surface area contributed by atoms with Gasteiger partial charge >= 0.3 is 0 Å². The Morgan fingerprint density at radius 1 is 1.35 bits per heavy atom. The molecule has 1 aromatic heterocycles. The van der Waals surface area contributed by atoms with E-state index in [-0.39, 0.29) is 12.4 Å². The van der Waals surface area contributed by atoms with Crippen LogP contribution < -0.4 is 5.73 Å². The van der Waals surface area contributed by atoms with E-state index in [1.54, 1.807) is 11.3 Å². The van der Waals surface area contributed by atoms with Crippen LogP contribution in [0.3, 0.4) is 0 Å². The summed E-state index contributed by atoms with van der Waals surface area (Å²) >= 11 is 1.71. The molecule has 0 unspecified atom stereocenters. The van der Waals surface area contributed by atoms with Gasteiger partial charge in [-0.1, -0.05) is 31.5 Å². The number of nitrogens with two attached hydrogens (primary N) is 1. The third-order valence-electron chi connectivity index (χ3n) is 2.47. The summed E-state index contributed by atoms with van der Waals surface area (Å²) in [5.41, 5.74) is 9.16. The molecule has 2 aromatic rings. The van der Waals surface area contributed by atoms with Crippen molar-refractivity contribution >= 4 is 23.7 Å². The highest BCUT2D eigenvalue weighted by atomic mass is 35.5. The molecule has 0 aliphatic heterocycles. The van der Waals surface area contributed by atoms with Gasteiger partial charge < -0.3 is 5.73 Å². The van der Waals surface area contributed by atoms with Crippen molar-refractivity contribution in [2.24, 2.45) is 5.73 Å². The van der Waals surface area contributed by atoms with Crippen LogP contribution in [-0.2, 0) is 13.0 Å². The van der Waals surface area contributed by atoms with Crippen molar-refractivity contribution in [3.63, 3.8) is 0 Å². The van der Waals surface area contributed by atoms with E-state index in [1.165, 1.54) is 11.3 Å². The Kier molecular flexibility index (Phi) is 5.62. The van der Waals surface area contributed by atoms with Crippen molar-refractivity contribution in [1.82, 2.24) is 4.98 Å². The number of thiazole rings is 1. The van der Waals surface area contributed by atoms with Crippen molar-refractivity contribution in [2.75, 3.05) is 0 Å². The maximum Gasteiger partial charge on any atom is 0.123 e. The van der Waals surface area contributed by atoms with E-state index < -0.39 is 0 Å². The summed E-state index contributed by atoms with van der Waals surface area (Å²) in [5.74, 6) is 0. The highest BCUT2D eigenvalue weighted by Crippen LogP contribution is 2.24. The Labute approximate surface area is 112 Å². The number of aromatic nitrogens is 1. The van der Waals surface area contributed by atoms with E-state index in [0.29, 0.717) is 6.54 Å². The van der Waals surface area contributed by atoms with E-state index in [1.807, 2.05) is 12.1 Å². The molecule has 1 heterocycles. The Bertz CT molecular complexity index is 468. The van der Waals surface area contributed by atoms with Gasteiger partial charge in [-0.3, -0.25) is 0 Å². The lowest BCUT2D eigenvalue weighted by atomic mass is 10.1. The van der Waals surface area contributed by atoms with Crippen molar-refractivity contribution in [3.05, 3.63) is 40.9 Å². The number of halogens is 1. The zero-order valence-corrected chi connectivity index (χ0v) is 11.5. The number of rotatable bonds is 4. The molecular formula is C13H17ClN2S. The van der Waals surface area contributed by atoms with Gasteiger partial charge in [0.05, 0.1) is 5.69 Å². The average molecular weight is 269 g/mol. The van der Waals surface area contributed by atoms with E-state index in [9.17, 15) is 0 Å². The van der Waals surface area contributed by atoms with E-state index in [2.05, 4.69) is 29.4 Å².